The zero-order valence-corrected chi connectivity index (χ0v) is 9.95. The van der Waals surface area contributed by atoms with E-state index in [9.17, 15) is 9.59 Å². The Morgan fingerprint density at radius 3 is 2.69 bits per heavy atom. The molecule has 0 aromatic rings. The van der Waals surface area contributed by atoms with Crippen molar-refractivity contribution in [3.8, 4) is 0 Å². The molecule has 0 radical (unpaired) electrons. The van der Waals surface area contributed by atoms with Crippen molar-refractivity contribution in [1.82, 2.24) is 10.2 Å². The van der Waals surface area contributed by atoms with Crippen LogP contribution in [-0.2, 0) is 14.3 Å². The first-order valence-corrected chi connectivity index (χ1v) is 5.67. The summed E-state index contributed by atoms with van der Waals surface area (Å²) in [6, 6.07) is -0.425. The van der Waals surface area contributed by atoms with E-state index >= 15 is 0 Å². The summed E-state index contributed by atoms with van der Waals surface area (Å²) in [5, 5.41) is 2.64. The number of hydrogen-bond donors (Lipinski definition) is 1. The van der Waals surface area contributed by atoms with E-state index in [1.54, 1.807) is 11.8 Å². The van der Waals surface area contributed by atoms with E-state index < -0.39 is 6.04 Å². The average molecular weight is 226 g/mol. The van der Waals surface area contributed by atoms with Gasteiger partial charge in [0.25, 0.3) is 0 Å². The van der Waals surface area contributed by atoms with Crippen LogP contribution in [0, 0.1) is 0 Å². The Bertz CT molecular complexity index is 331. The summed E-state index contributed by atoms with van der Waals surface area (Å²) in [5.41, 5.74) is -0.344. The molecule has 2 aliphatic heterocycles. The molecule has 1 N–H and O–H groups in total. The Balaban J connectivity index is 2.24. The second-order valence-corrected chi connectivity index (χ2v) is 4.83. The van der Waals surface area contributed by atoms with Crippen LogP contribution >= 0.6 is 0 Å². The van der Waals surface area contributed by atoms with E-state index in [1.165, 1.54) is 0 Å². The predicted molar refractivity (Wildman–Crippen MR) is 57.8 cm³/mol. The Labute approximate surface area is 95.1 Å². The van der Waals surface area contributed by atoms with Crippen molar-refractivity contribution in [2.24, 2.45) is 0 Å². The number of ether oxygens (including phenoxy) is 1. The maximum atomic E-state index is 12.1. The molecule has 90 valence electrons. The minimum atomic E-state index is -0.425. The van der Waals surface area contributed by atoms with E-state index in [-0.39, 0.29) is 30.0 Å². The summed E-state index contributed by atoms with van der Waals surface area (Å²) < 4.78 is 5.51. The molecule has 0 aliphatic carbocycles. The van der Waals surface area contributed by atoms with Crippen molar-refractivity contribution in [2.75, 3.05) is 13.2 Å². The van der Waals surface area contributed by atoms with Crippen molar-refractivity contribution in [1.29, 1.82) is 0 Å². The molecule has 5 nitrogen and oxygen atoms in total. The Hall–Kier alpha value is -1.10. The summed E-state index contributed by atoms with van der Waals surface area (Å²) in [5.74, 6) is -0.105. The van der Waals surface area contributed by atoms with Crippen LogP contribution < -0.4 is 5.32 Å². The smallest absolute Gasteiger partial charge is 0.245 e. The number of piperazine rings is 1. The molecule has 2 amide bonds. The lowest BCUT2D eigenvalue weighted by Crippen LogP contribution is -2.65. The molecule has 0 saturated carbocycles. The number of hydrogen-bond acceptors (Lipinski definition) is 3. The van der Waals surface area contributed by atoms with Gasteiger partial charge in [0.15, 0.2) is 0 Å². The summed E-state index contributed by atoms with van der Waals surface area (Å²) >= 11 is 0. The molecule has 2 fully saturated rings. The largest absolute Gasteiger partial charge is 0.376 e. The molecule has 0 bridgehead atoms. The van der Waals surface area contributed by atoms with Crippen LogP contribution in [0.15, 0.2) is 0 Å². The monoisotopic (exact) mass is 226 g/mol. The minimum absolute atomic E-state index is 0.0144. The fraction of sp³-hybridized carbons (Fsp3) is 0.818. The van der Waals surface area contributed by atoms with Crippen LogP contribution in [0.2, 0.25) is 0 Å². The molecule has 0 aromatic heterocycles. The van der Waals surface area contributed by atoms with E-state index in [2.05, 4.69) is 5.32 Å². The second-order valence-electron chi connectivity index (χ2n) is 4.83. The van der Waals surface area contributed by atoms with Gasteiger partial charge in [0.1, 0.15) is 12.6 Å². The molecule has 2 heterocycles. The Morgan fingerprint density at radius 1 is 1.44 bits per heavy atom. The standard InChI is InChI=1S/C11H18N2O3/c1-7-10(15)13(6-9(14)12-7)11(3)4-5-16-8(11)2/h7-8H,4-6H2,1-3H3,(H,12,14). The number of rotatable bonds is 1. The van der Waals surface area contributed by atoms with Crippen molar-refractivity contribution < 1.29 is 14.3 Å². The first kappa shape index (κ1) is 11.4. The number of nitrogens with zero attached hydrogens (tertiary/aromatic N) is 1. The molecule has 3 atom stereocenters. The average Bonchev–Trinajstić information content (AvgIpc) is 2.54. The van der Waals surface area contributed by atoms with Gasteiger partial charge in [-0.05, 0) is 27.2 Å². The molecule has 0 aromatic carbocycles. The number of carbonyl (C=O) groups is 2. The van der Waals surface area contributed by atoms with Crippen molar-refractivity contribution in [2.45, 2.75) is 44.9 Å². The Morgan fingerprint density at radius 2 is 2.12 bits per heavy atom. The van der Waals surface area contributed by atoms with Crippen molar-refractivity contribution in [3.63, 3.8) is 0 Å². The van der Waals surface area contributed by atoms with E-state index in [0.29, 0.717) is 6.61 Å². The first-order chi connectivity index (χ1) is 7.45. The van der Waals surface area contributed by atoms with Gasteiger partial charge in [-0.1, -0.05) is 0 Å². The number of amides is 2. The summed E-state index contributed by atoms with van der Waals surface area (Å²) in [4.78, 5) is 25.2. The minimum Gasteiger partial charge on any atom is -0.376 e. The zero-order valence-electron chi connectivity index (χ0n) is 9.95. The maximum Gasteiger partial charge on any atom is 0.245 e. The van der Waals surface area contributed by atoms with Crippen LogP contribution in [-0.4, -0.2) is 47.6 Å². The lowest BCUT2D eigenvalue weighted by Gasteiger charge is -2.43. The molecular formula is C11H18N2O3. The summed E-state index contributed by atoms with van der Waals surface area (Å²) in [6.45, 7) is 6.46. The second kappa shape index (κ2) is 3.73. The highest BCUT2D eigenvalue weighted by atomic mass is 16.5. The van der Waals surface area contributed by atoms with Crippen LogP contribution in [0.1, 0.15) is 27.2 Å². The maximum absolute atomic E-state index is 12.1. The highest BCUT2D eigenvalue weighted by molar-refractivity contribution is 5.95. The lowest BCUT2D eigenvalue weighted by molar-refractivity contribution is -0.151. The van der Waals surface area contributed by atoms with E-state index in [1.807, 2.05) is 13.8 Å². The quantitative estimate of drug-likeness (QED) is 0.679. The highest BCUT2D eigenvalue weighted by Gasteiger charge is 2.47. The molecular weight excluding hydrogens is 208 g/mol. The van der Waals surface area contributed by atoms with Crippen LogP contribution in [0.25, 0.3) is 0 Å². The van der Waals surface area contributed by atoms with Gasteiger partial charge in [0, 0.05) is 6.61 Å². The van der Waals surface area contributed by atoms with Gasteiger partial charge in [-0.25, -0.2) is 0 Å². The molecule has 16 heavy (non-hydrogen) atoms. The van der Waals surface area contributed by atoms with E-state index in [4.69, 9.17) is 4.74 Å². The van der Waals surface area contributed by atoms with Gasteiger partial charge in [-0.2, -0.15) is 0 Å². The third kappa shape index (κ3) is 1.59. The van der Waals surface area contributed by atoms with Crippen molar-refractivity contribution in [3.05, 3.63) is 0 Å². The van der Waals surface area contributed by atoms with Gasteiger partial charge >= 0.3 is 0 Å². The van der Waals surface area contributed by atoms with Gasteiger partial charge in [0.2, 0.25) is 11.8 Å². The van der Waals surface area contributed by atoms with Crippen LogP contribution in [0.3, 0.4) is 0 Å². The fourth-order valence-electron chi connectivity index (χ4n) is 2.42. The zero-order chi connectivity index (χ0) is 11.9. The molecule has 3 unspecified atom stereocenters. The summed E-state index contributed by atoms with van der Waals surface area (Å²) in [7, 11) is 0. The van der Waals surface area contributed by atoms with Crippen molar-refractivity contribution >= 4 is 11.8 Å². The molecule has 2 saturated heterocycles. The van der Waals surface area contributed by atoms with Crippen LogP contribution in [0.5, 0.6) is 0 Å². The third-order valence-corrected chi connectivity index (χ3v) is 3.78. The molecule has 2 aliphatic rings. The predicted octanol–water partition coefficient (Wildman–Crippen LogP) is -0.0992. The fourth-order valence-corrected chi connectivity index (χ4v) is 2.42. The first-order valence-electron chi connectivity index (χ1n) is 5.67. The van der Waals surface area contributed by atoms with Crippen LogP contribution in [0.4, 0.5) is 0 Å². The highest BCUT2D eigenvalue weighted by Crippen LogP contribution is 2.32. The van der Waals surface area contributed by atoms with E-state index in [0.717, 1.165) is 6.42 Å². The van der Waals surface area contributed by atoms with Gasteiger partial charge in [-0.3, -0.25) is 9.59 Å². The molecule has 0 spiro atoms. The SMILES string of the molecule is CC1NC(=O)CN(C2(C)CCOC2C)C1=O. The molecule has 5 heteroatoms. The third-order valence-electron chi connectivity index (χ3n) is 3.78. The van der Waals surface area contributed by atoms with Gasteiger partial charge in [-0.15, -0.1) is 0 Å². The lowest BCUT2D eigenvalue weighted by atomic mass is 9.90. The van der Waals surface area contributed by atoms with Gasteiger partial charge in [0.05, 0.1) is 11.6 Å². The number of nitrogens with one attached hydrogen (secondary N) is 1. The normalized spacial score (nSPS) is 40.1. The topological polar surface area (TPSA) is 58.6 Å². The molecule has 2 rings (SSSR count). The number of carbonyl (C=O) groups excluding carboxylic acids is 2. The Kier molecular flexibility index (Phi) is 2.66. The van der Waals surface area contributed by atoms with Gasteiger partial charge < -0.3 is 15.0 Å². The summed E-state index contributed by atoms with van der Waals surface area (Å²) in [6.07, 6.45) is 0.773.